The number of benzene rings is 2. The number of hydrogen-bond acceptors (Lipinski definition) is 5. The maximum atomic E-state index is 11.9. The zero-order valence-electron chi connectivity index (χ0n) is 13.3. The van der Waals surface area contributed by atoms with Crippen molar-refractivity contribution in [1.29, 1.82) is 0 Å². The average molecular weight is 329 g/mol. The summed E-state index contributed by atoms with van der Waals surface area (Å²) in [6.45, 7) is 1.75. The third-order valence-electron chi connectivity index (χ3n) is 3.74. The van der Waals surface area contributed by atoms with Gasteiger partial charge in [0.15, 0.2) is 18.1 Å². The zero-order valence-corrected chi connectivity index (χ0v) is 13.3. The molecule has 2 aromatic rings. The molecule has 6 nitrogen and oxygen atoms in total. The summed E-state index contributed by atoms with van der Waals surface area (Å²) in [5.74, 6) is 1.55. The molecular weight excluding hydrogens is 310 g/mol. The molecule has 1 aliphatic heterocycles. The van der Waals surface area contributed by atoms with E-state index in [2.05, 4.69) is 5.32 Å². The van der Waals surface area contributed by atoms with Crippen molar-refractivity contribution < 1.29 is 24.1 Å². The fourth-order valence-corrected chi connectivity index (χ4v) is 2.32. The average Bonchev–Trinajstić information content (AvgIpc) is 3.07. The van der Waals surface area contributed by atoms with E-state index in [0.29, 0.717) is 22.8 Å². The lowest BCUT2D eigenvalue weighted by atomic mass is 9.95. The lowest BCUT2D eigenvalue weighted by Gasteiger charge is -2.24. The smallest absolute Gasteiger partial charge is 0.258 e. The SMILES string of the molecule is CC(O)(CNC(=O)COc1ccccc1)c1ccc2c(c1)OCO2. The highest BCUT2D eigenvalue weighted by Crippen LogP contribution is 2.35. The Kier molecular flexibility index (Phi) is 4.57. The first-order valence-electron chi connectivity index (χ1n) is 7.62. The molecule has 2 aromatic carbocycles. The van der Waals surface area contributed by atoms with E-state index in [1.54, 1.807) is 37.3 Å². The summed E-state index contributed by atoms with van der Waals surface area (Å²) < 4.78 is 15.9. The molecule has 0 spiro atoms. The molecule has 0 fully saturated rings. The van der Waals surface area contributed by atoms with Crippen molar-refractivity contribution in [2.24, 2.45) is 0 Å². The van der Waals surface area contributed by atoms with E-state index < -0.39 is 5.60 Å². The van der Waals surface area contributed by atoms with Crippen LogP contribution in [-0.4, -0.2) is 31.0 Å². The van der Waals surface area contributed by atoms with Gasteiger partial charge in [-0.3, -0.25) is 4.79 Å². The fraction of sp³-hybridized carbons (Fsp3) is 0.278. The highest BCUT2D eigenvalue weighted by Gasteiger charge is 2.26. The zero-order chi connectivity index (χ0) is 17.0. The van der Waals surface area contributed by atoms with Crippen molar-refractivity contribution >= 4 is 5.91 Å². The normalized spacial score (nSPS) is 14.8. The Morgan fingerprint density at radius 2 is 1.96 bits per heavy atom. The van der Waals surface area contributed by atoms with Gasteiger partial charge in [0.2, 0.25) is 6.79 Å². The van der Waals surface area contributed by atoms with Crippen LogP contribution >= 0.6 is 0 Å². The van der Waals surface area contributed by atoms with Crippen LogP contribution in [0.1, 0.15) is 12.5 Å². The Hall–Kier alpha value is -2.73. The summed E-state index contributed by atoms with van der Waals surface area (Å²) in [4.78, 5) is 11.9. The molecule has 0 saturated heterocycles. The van der Waals surface area contributed by atoms with Crippen LogP contribution in [-0.2, 0) is 10.4 Å². The first-order valence-corrected chi connectivity index (χ1v) is 7.62. The molecule has 1 heterocycles. The van der Waals surface area contributed by atoms with E-state index >= 15 is 0 Å². The summed E-state index contributed by atoms with van der Waals surface area (Å²) in [5, 5.41) is 13.3. The van der Waals surface area contributed by atoms with E-state index in [-0.39, 0.29) is 25.9 Å². The number of fused-ring (bicyclic) bond motifs is 1. The predicted octanol–water partition coefficient (Wildman–Crippen LogP) is 1.82. The summed E-state index contributed by atoms with van der Waals surface area (Å²) in [5.41, 5.74) is -0.598. The first kappa shape index (κ1) is 16.1. The number of amides is 1. The maximum absolute atomic E-state index is 11.9. The van der Waals surface area contributed by atoms with Crippen LogP contribution in [0.25, 0.3) is 0 Å². The molecule has 0 saturated carbocycles. The molecule has 0 aliphatic carbocycles. The monoisotopic (exact) mass is 329 g/mol. The molecule has 6 heteroatoms. The number of para-hydroxylation sites is 1. The van der Waals surface area contributed by atoms with Crippen molar-refractivity contribution in [1.82, 2.24) is 5.32 Å². The molecule has 24 heavy (non-hydrogen) atoms. The van der Waals surface area contributed by atoms with Crippen molar-refractivity contribution in [3.63, 3.8) is 0 Å². The largest absolute Gasteiger partial charge is 0.484 e. The molecule has 1 amide bonds. The lowest BCUT2D eigenvalue weighted by Crippen LogP contribution is -2.40. The second kappa shape index (κ2) is 6.80. The topological polar surface area (TPSA) is 77.0 Å². The number of hydrogen-bond donors (Lipinski definition) is 2. The third-order valence-corrected chi connectivity index (χ3v) is 3.74. The summed E-state index contributed by atoms with van der Waals surface area (Å²) in [6, 6.07) is 14.3. The van der Waals surface area contributed by atoms with Crippen molar-refractivity contribution in [3.8, 4) is 17.2 Å². The van der Waals surface area contributed by atoms with Crippen LogP contribution in [0, 0.1) is 0 Å². The molecule has 126 valence electrons. The van der Waals surface area contributed by atoms with Crippen LogP contribution in [0.15, 0.2) is 48.5 Å². The Bertz CT molecular complexity index is 715. The number of carbonyl (C=O) groups excluding carboxylic acids is 1. The molecule has 0 aromatic heterocycles. The molecular formula is C18H19NO5. The van der Waals surface area contributed by atoms with Crippen molar-refractivity contribution in [3.05, 3.63) is 54.1 Å². The molecule has 3 rings (SSSR count). The van der Waals surface area contributed by atoms with Crippen molar-refractivity contribution in [2.45, 2.75) is 12.5 Å². The Balaban J connectivity index is 1.53. The fourth-order valence-electron chi connectivity index (χ4n) is 2.32. The van der Waals surface area contributed by atoms with Gasteiger partial charge in [-0.1, -0.05) is 24.3 Å². The van der Waals surface area contributed by atoms with E-state index in [1.165, 1.54) is 0 Å². The second-order valence-corrected chi connectivity index (χ2v) is 5.72. The minimum absolute atomic E-state index is 0.0592. The van der Waals surface area contributed by atoms with Crippen LogP contribution in [0.3, 0.4) is 0 Å². The van der Waals surface area contributed by atoms with E-state index in [4.69, 9.17) is 14.2 Å². The second-order valence-electron chi connectivity index (χ2n) is 5.72. The van der Waals surface area contributed by atoms with Gasteiger partial charge in [0.25, 0.3) is 5.91 Å². The third kappa shape index (κ3) is 3.78. The van der Waals surface area contributed by atoms with Crippen LogP contribution < -0.4 is 19.5 Å². The Morgan fingerprint density at radius 1 is 1.21 bits per heavy atom. The van der Waals surface area contributed by atoms with Crippen molar-refractivity contribution in [2.75, 3.05) is 19.9 Å². The van der Waals surface area contributed by atoms with Crippen LogP contribution in [0.4, 0.5) is 0 Å². The Morgan fingerprint density at radius 3 is 2.75 bits per heavy atom. The van der Waals surface area contributed by atoms with E-state index in [0.717, 1.165) is 0 Å². The molecule has 1 unspecified atom stereocenters. The van der Waals surface area contributed by atoms with E-state index in [9.17, 15) is 9.90 Å². The van der Waals surface area contributed by atoms with Crippen LogP contribution in [0.5, 0.6) is 17.2 Å². The standard InChI is InChI=1S/C18H19NO5/c1-18(21,13-7-8-15-16(9-13)24-12-23-15)11-19-17(20)10-22-14-5-3-2-4-6-14/h2-9,21H,10-12H2,1H3,(H,19,20). The summed E-state index contributed by atoms with van der Waals surface area (Å²) >= 11 is 0. The number of aliphatic hydroxyl groups is 1. The Labute approximate surface area is 140 Å². The van der Waals surface area contributed by atoms with E-state index in [1.807, 2.05) is 18.2 Å². The van der Waals surface area contributed by atoms with Gasteiger partial charge in [0.05, 0.1) is 6.54 Å². The highest BCUT2D eigenvalue weighted by atomic mass is 16.7. The quantitative estimate of drug-likeness (QED) is 0.845. The van der Waals surface area contributed by atoms with Gasteiger partial charge in [-0.05, 0) is 36.8 Å². The molecule has 1 atom stereocenters. The molecule has 2 N–H and O–H groups in total. The summed E-state index contributed by atoms with van der Waals surface area (Å²) in [7, 11) is 0. The van der Waals surface area contributed by atoms with Gasteiger partial charge in [-0.25, -0.2) is 0 Å². The lowest BCUT2D eigenvalue weighted by molar-refractivity contribution is -0.124. The van der Waals surface area contributed by atoms with Gasteiger partial charge in [0.1, 0.15) is 11.4 Å². The molecule has 0 radical (unpaired) electrons. The summed E-state index contributed by atoms with van der Waals surface area (Å²) in [6.07, 6.45) is 0. The van der Waals surface area contributed by atoms with Gasteiger partial charge < -0.3 is 24.6 Å². The number of carbonyl (C=O) groups is 1. The number of ether oxygens (including phenoxy) is 3. The maximum Gasteiger partial charge on any atom is 0.258 e. The minimum atomic E-state index is -1.23. The van der Waals surface area contributed by atoms with Crippen LogP contribution in [0.2, 0.25) is 0 Å². The van der Waals surface area contributed by atoms with Gasteiger partial charge in [-0.15, -0.1) is 0 Å². The van der Waals surface area contributed by atoms with Gasteiger partial charge >= 0.3 is 0 Å². The predicted molar refractivity (Wildman–Crippen MR) is 87.1 cm³/mol. The number of nitrogens with one attached hydrogen (secondary N) is 1. The molecule has 1 aliphatic rings. The first-order chi connectivity index (χ1) is 11.5. The van der Waals surface area contributed by atoms with Gasteiger partial charge in [0, 0.05) is 0 Å². The number of rotatable bonds is 6. The minimum Gasteiger partial charge on any atom is -0.484 e. The molecule has 0 bridgehead atoms. The highest BCUT2D eigenvalue weighted by molar-refractivity contribution is 5.77. The van der Waals surface area contributed by atoms with Gasteiger partial charge in [-0.2, -0.15) is 0 Å².